The fourth-order valence-corrected chi connectivity index (χ4v) is 3.42. The minimum atomic E-state index is -0.240. The molecular weight excluding hydrogens is 486 g/mol. The van der Waals surface area contributed by atoms with Crippen LogP contribution < -0.4 is 24.8 Å². The first kappa shape index (κ1) is 24.5. The standard InChI is InChI=1S/C25H28BrN3O4/c1-3-31-22-14-19(16-27-12-13-32-25-6-4-5-11-28-25)21(26)15-23(22)33-17-24(30)29-20-9-7-18(2)8-10-20/h4-11,14-15,27H,3,12-13,16-17H2,1-2H3,(H,29,30). The van der Waals surface area contributed by atoms with Crippen LogP contribution in [0.1, 0.15) is 18.1 Å². The number of halogens is 1. The van der Waals surface area contributed by atoms with Gasteiger partial charge in [0.2, 0.25) is 5.88 Å². The fourth-order valence-electron chi connectivity index (χ4n) is 2.95. The average molecular weight is 514 g/mol. The molecule has 33 heavy (non-hydrogen) atoms. The molecule has 0 aliphatic rings. The maximum Gasteiger partial charge on any atom is 0.262 e. The molecule has 0 fully saturated rings. The predicted molar refractivity (Wildman–Crippen MR) is 132 cm³/mol. The van der Waals surface area contributed by atoms with E-state index in [2.05, 4.69) is 31.5 Å². The van der Waals surface area contributed by atoms with E-state index < -0.39 is 0 Å². The number of aromatic nitrogens is 1. The van der Waals surface area contributed by atoms with E-state index in [0.717, 1.165) is 21.3 Å². The zero-order chi connectivity index (χ0) is 23.5. The first-order chi connectivity index (χ1) is 16.0. The highest BCUT2D eigenvalue weighted by Gasteiger charge is 2.13. The molecule has 1 aromatic heterocycles. The Balaban J connectivity index is 1.52. The Morgan fingerprint density at radius 2 is 1.82 bits per heavy atom. The molecule has 0 saturated heterocycles. The molecule has 8 heteroatoms. The van der Waals surface area contributed by atoms with Gasteiger partial charge in [-0.1, -0.05) is 39.7 Å². The van der Waals surface area contributed by atoms with Gasteiger partial charge in [0.05, 0.1) is 6.61 Å². The quantitative estimate of drug-likeness (QED) is 0.340. The Morgan fingerprint density at radius 3 is 2.55 bits per heavy atom. The summed E-state index contributed by atoms with van der Waals surface area (Å²) in [7, 11) is 0. The molecular formula is C25H28BrN3O4. The lowest BCUT2D eigenvalue weighted by molar-refractivity contribution is -0.118. The topological polar surface area (TPSA) is 81.7 Å². The van der Waals surface area contributed by atoms with Crippen LogP contribution in [0.5, 0.6) is 17.4 Å². The predicted octanol–water partition coefficient (Wildman–Crippen LogP) is 4.74. The summed E-state index contributed by atoms with van der Waals surface area (Å²) >= 11 is 3.59. The Morgan fingerprint density at radius 1 is 1.03 bits per heavy atom. The van der Waals surface area contributed by atoms with E-state index in [0.29, 0.717) is 43.7 Å². The minimum Gasteiger partial charge on any atom is -0.490 e. The molecule has 3 rings (SSSR count). The molecule has 2 N–H and O–H groups in total. The summed E-state index contributed by atoms with van der Waals surface area (Å²) in [6, 6.07) is 16.9. The van der Waals surface area contributed by atoms with Crippen molar-refractivity contribution in [2.24, 2.45) is 0 Å². The van der Waals surface area contributed by atoms with E-state index in [1.807, 2.05) is 68.4 Å². The third-order valence-corrected chi connectivity index (χ3v) is 5.33. The van der Waals surface area contributed by atoms with Crippen LogP contribution in [0.3, 0.4) is 0 Å². The zero-order valence-electron chi connectivity index (χ0n) is 18.8. The highest BCUT2D eigenvalue weighted by molar-refractivity contribution is 9.10. The number of ether oxygens (including phenoxy) is 3. The normalized spacial score (nSPS) is 10.5. The fraction of sp³-hybridized carbons (Fsp3) is 0.280. The molecule has 0 spiro atoms. The second-order valence-electron chi connectivity index (χ2n) is 7.22. The van der Waals surface area contributed by atoms with Crippen LogP contribution in [0.4, 0.5) is 5.69 Å². The van der Waals surface area contributed by atoms with Crippen LogP contribution in [0, 0.1) is 6.92 Å². The van der Waals surface area contributed by atoms with E-state index in [4.69, 9.17) is 14.2 Å². The largest absolute Gasteiger partial charge is 0.490 e. The Bertz CT molecular complexity index is 1030. The molecule has 0 aliphatic carbocycles. The van der Waals surface area contributed by atoms with Crippen LogP contribution in [-0.4, -0.2) is 37.3 Å². The second-order valence-corrected chi connectivity index (χ2v) is 8.07. The number of hydrogen-bond donors (Lipinski definition) is 2. The minimum absolute atomic E-state index is 0.122. The molecule has 0 saturated carbocycles. The number of amides is 1. The van der Waals surface area contributed by atoms with Crippen molar-refractivity contribution in [3.63, 3.8) is 0 Å². The summed E-state index contributed by atoms with van der Waals surface area (Å²) in [6.45, 7) is 6.04. The summed E-state index contributed by atoms with van der Waals surface area (Å²) in [4.78, 5) is 16.4. The van der Waals surface area contributed by atoms with Crippen LogP contribution >= 0.6 is 15.9 Å². The molecule has 7 nitrogen and oxygen atoms in total. The Kier molecular flexibility index (Phi) is 9.53. The van der Waals surface area contributed by atoms with E-state index in [1.165, 1.54) is 0 Å². The van der Waals surface area contributed by atoms with Gasteiger partial charge >= 0.3 is 0 Å². The lowest BCUT2D eigenvalue weighted by Crippen LogP contribution is -2.21. The zero-order valence-corrected chi connectivity index (χ0v) is 20.4. The van der Waals surface area contributed by atoms with Crippen molar-refractivity contribution < 1.29 is 19.0 Å². The highest BCUT2D eigenvalue weighted by atomic mass is 79.9. The molecule has 1 heterocycles. The summed E-state index contributed by atoms with van der Waals surface area (Å²) in [6.07, 6.45) is 1.70. The number of aryl methyl sites for hydroxylation is 1. The highest BCUT2D eigenvalue weighted by Crippen LogP contribution is 2.34. The molecule has 3 aromatic rings. The molecule has 2 aromatic carbocycles. The summed E-state index contributed by atoms with van der Waals surface area (Å²) < 4.78 is 18.0. The number of benzene rings is 2. The summed E-state index contributed by atoms with van der Waals surface area (Å²) in [5.41, 5.74) is 2.87. The second kappa shape index (κ2) is 12.8. The third kappa shape index (κ3) is 8.07. The van der Waals surface area contributed by atoms with Crippen LogP contribution in [0.2, 0.25) is 0 Å². The molecule has 0 atom stereocenters. The van der Waals surface area contributed by atoms with E-state index in [-0.39, 0.29) is 12.5 Å². The van der Waals surface area contributed by atoms with Gasteiger partial charge in [0.15, 0.2) is 18.1 Å². The van der Waals surface area contributed by atoms with Gasteiger partial charge in [0.1, 0.15) is 6.61 Å². The number of nitrogens with zero attached hydrogens (tertiary/aromatic N) is 1. The van der Waals surface area contributed by atoms with E-state index in [1.54, 1.807) is 6.20 Å². The lowest BCUT2D eigenvalue weighted by Gasteiger charge is -2.15. The van der Waals surface area contributed by atoms with Crippen LogP contribution in [-0.2, 0) is 11.3 Å². The number of anilines is 1. The summed E-state index contributed by atoms with van der Waals surface area (Å²) in [5.74, 6) is 1.46. The van der Waals surface area contributed by atoms with Crippen molar-refractivity contribution in [2.45, 2.75) is 20.4 Å². The van der Waals surface area contributed by atoms with Crippen molar-refractivity contribution in [1.82, 2.24) is 10.3 Å². The van der Waals surface area contributed by atoms with Gasteiger partial charge < -0.3 is 24.8 Å². The average Bonchev–Trinajstić information content (AvgIpc) is 2.82. The monoisotopic (exact) mass is 513 g/mol. The molecule has 0 radical (unpaired) electrons. The maximum atomic E-state index is 12.3. The number of carbonyl (C=O) groups is 1. The van der Waals surface area contributed by atoms with Crippen molar-refractivity contribution in [3.8, 4) is 17.4 Å². The Hall–Kier alpha value is -3.10. The summed E-state index contributed by atoms with van der Waals surface area (Å²) in [5, 5.41) is 6.17. The van der Waals surface area contributed by atoms with E-state index in [9.17, 15) is 4.79 Å². The van der Waals surface area contributed by atoms with Crippen molar-refractivity contribution in [3.05, 3.63) is 76.4 Å². The number of carbonyl (C=O) groups excluding carboxylic acids is 1. The maximum absolute atomic E-state index is 12.3. The molecule has 0 aliphatic heterocycles. The number of pyridine rings is 1. The van der Waals surface area contributed by atoms with Crippen molar-refractivity contribution in [1.29, 1.82) is 0 Å². The van der Waals surface area contributed by atoms with Gasteiger partial charge in [-0.25, -0.2) is 4.98 Å². The van der Waals surface area contributed by atoms with Crippen LogP contribution in [0.25, 0.3) is 0 Å². The van der Waals surface area contributed by atoms with Gasteiger partial charge in [-0.3, -0.25) is 4.79 Å². The van der Waals surface area contributed by atoms with Gasteiger partial charge in [0, 0.05) is 35.5 Å². The lowest BCUT2D eigenvalue weighted by atomic mass is 10.2. The van der Waals surface area contributed by atoms with Gasteiger partial charge in [-0.15, -0.1) is 0 Å². The van der Waals surface area contributed by atoms with E-state index >= 15 is 0 Å². The molecule has 0 unspecified atom stereocenters. The van der Waals surface area contributed by atoms with Gasteiger partial charge in [-0.05, 0) is 49.7 Å². The number of nitrogens with one attached hydrogen (secondary N) is 2. The molecule has 174 valence electrons. The molecule has 0 bridgehead atoms. The molecule has 1 amide bonds. The van der Waals surface area contributed by atoms with Crippen molar-refractivity contribution in [2.75, 3.05) is 31.7 Å². The first-order valence-electron chi connectivity index (χ1n) is 10.7. The SMILES string of the molecule is CCOc1cc(CNCCOc2ccccn2)c(Br)cc1OCC(=O)Nc1ccc(C)cc1. The Labute approximate surface area is 202 Å². The smallest absolute Gasteiger partial charge is 0.262 e. The third-order valence-electron chi connectivity index (χ3n) is 4.59. The van der Waals surface area contributed by atoms with Gasteiger partial charge in [0.25, 0.3) is 5.91 Å². The van der Waals surface area contributed by atoms with Crippen LogP contribution in [0.15, 0.2) is 65.3 Å². The number of rotatable bonds is 12. The first-order valence-corrected chi connectivity index (χ1v) is 11.5. The van der Waals surface area contributed by atoms with Crippen molar-refractivity contribution >= 4 is 27.5 Å². The van der Waals surface area contributed by atoms with Gasteiger partial charge in [-0.2, -0.15) is 0 Å². The number of hydrogen-bond acceptors (Lipinski definition) is 6.